The van der Waals surface area contributed by atoms with Crippen molar-refractivity contribution in [3.8, 4) is 0 Å². The number of aryl methyl sites for hydroxylation is 1. The van der Waals surface area contributed by atoms with E-state index in [1.54, 1.807) is 17.0 Å². The molecule has 2 heterocycles. The third kappa shape index (κ3) is 3.80. The van der Waals surface area contributed by atoms with E-state index in [-0.39, 0.29) is 23.7 Å². The summed E-state index contributed by atoms with van der Waals surface area (Å²) < 4.78 is 7.19. The van der Waals surface area contributed by atoms with E-state index in [0.29, 0.717) is 36.1 Å². The molecule has 2 unspecified atom stereocenters. The van der Waals surface area contributed by atoms with Gasteiger partial charge in [-0.2, -0.15) is 5.10 Å². The van der Waals surface area contributed by atoms with Crippen molar-refractivity contribution >= 4 is 16.7 Å². The second-order valence-corrected chi connectivity index (χ2v) is 7.10. The Kier molecular flexibility index (Phi) is 5.71. The lowest BCUT2D eigenvalue weighted by molar-refractivity contribution is -0.0587. The zero-order valence-corrected chi connectivity index (χ0v) is 15.8. The van der Waals surface area contributed by atoms with Gasteiger partial charge in [0.15, 0.2) is 5.69 Å². The van der Waals surface area contributed by atoms with Crippen LogP contribution >= 0.6 is 0 Å². The molecule has 0 bridgehead atoms. The predicted octanol–water partition coefficient (Wildman–Crippen LogP) is 2.84. The van der Waals surface area contributed by atoms with E-state index in [0.717, 1.165) is 19.3 Å². The number of morpholine rings is 1. The number of ether oxygens (including phenoxy) is 1. The minimum Gasteiger partial charge on any atom is -0.372 e. The predicted molar refractivity (Wildman–Crippen MR) is 101 cm³/mol. The normalized spacial score (nSPS) is 20.5. The summed E-state index contributed by atoms with van der Waals surface area (Å²) in [5.41, 5.74) is 0.231. The van der Waals surface area contributed by atoms with E-state index in [9.17, 15) is 9.59 Å². The SMILES string of the molecule is CCCCCn1nc(C(=O)N2CC(C)OC(C)C2)c2ccccc2c1=O. The van der Waals surface area contributed by atoms with Crippen LogP contribution in [0.3, 0.4) is 0 Å². The minimum atomic E-state index is -0.132. The van der Waals surface area contributed by atoms with Gasteiger partial charge < -0.3 is 9.64 Å². The van der Waals surface area contributed by atoms with Crippen LogP contribution in [0.15, 0.2) is 29.1 Å². The van der Waals surface area contributed by atoms with Gasteiger partial charge in [-0.3, -0.25) is 9.59 Å². The molecular formula is C20H27N3O3. The van der Waals surface area contributed by atoms with E-state index in [2.05, 4.69) is 12.0 Å². The molecular weight excluding hydrogens is 330 g/mol. The number of carbonyl (C=O) groups excluding carboxylic acids is 1. The number of benzene rings is 1. The van der Waals surface area contributed by atoms with Crippen molar-refractivity contribution in [3.05, 3.63) is 40.3 Å². The first-order valence-electron chi connectivity index (χ1n) is 9.45. The van der Waals surface area contributed by atoms with Crippen molar-refractivity contribution in [2.24, 2.45) is 0 Å². The number of unbranched alkanes of at least 4 members (excludes halogenated alkanes) is 2. The van der Waals surface area contributed by atoms with Crippen molar-refractivity contribution in [2.75, 3.05) is 13.1 Å². The minimum absolute atomic E-state index is 0.00979. The van der Waals surface area contributed by atoms with Gasteiger partial charge in [-0.25, -0.2) is 4.68 Å². The van der Waals surface area contributed by atoms with Gasteiger partial charge in [-0.1, -0.05) is 38.0 Å². The molecule has 0 radical (unpaired) electrons. The second kappa shape index (κ2) is 7.99. The number of amides is 1. The lowest BCUT2D eigenvalue weighted by Gasteiger charge is -2.35. The highest BCUT2D eigenvalue weighted by molar-refractivity contribution is 6.04. The zero-order chi connectivity index (χ0) is 18.7. The fourth-order valence-electron chi connectivity index (χ4n) is 3.55. The van der Waals surface area contributed by atoms with Gasteiger partial charge in [0.05, 0.1) is 17.6 Å². The Hall–Kier alpha value is -2.21. The van der Waals surface area contributed by atoms with E-state index in [1.807, 2.05) is 26.0 Å². The highest BCUT2D eigenvalue weighted by Gasteiger charge is 2.29. The second-order valence-electron chi connectivity index (χ2n) is 7.10. The van der Waals surface area contributed by atoms with Crippen LogP contribution in [0.4, 0.5) is 0 Å². The van der Waals surface area contributed by atoms with Crippen LogP contribution in [0.25, 0.3) is 10.8 Å². The van der Waals surface area contributed by atoms with Crippen LogP contribution < -0.4 is 5.56 Å². The molecule has 6 nitrogen and oxygen atoms in total. The summed E-state index contributed by atoms with van der Waals surface area (Å²) >= 11 is 0. The van der Waals surface area contributed by atoms with E-state index < -0.39 is 0 Å². The summed E-state index contributed by atoms with van der Waals surface area (Å²) in [5, 5.41) is 5.65. The largest absolute Gasteiger partial charge is 0.372 e. The van der Waals surface area contributed by atoms with Gasteiger partial charge in [-0.05, 0) is 26.3 Å². The molecule has 3 rings (SSSR count). The van der Waals surface area contributed by atoms with Crippen molar-refractivity contribution in [1.29, 1.82) is 0 Å². The Morgan fingerprint density at radius 1 is 1.15 bits per heavy atom. The topological polar surface area (TPSA) is 64.4 Å². The molecule has 1 fully saturated rings. The maximum absolute atomic E-state index is 13.2. The molecule has 6 heteroatoms. The highest BCUT2D eigenvalue weighted by Crippen LogP contribution is 2.18. The zero-order valence-electron chi connectivity index (χ0n) is 15.8. The number of hydrogen-bond donors (Lipinski definition) is 0. The molecule has 2 aromatic rings. The molecule has 26 heavy (non-hydrogen) atoms. The monoisotopic (exact) mass is 357 g/mol. The van der Waals surface area contributed by atoms with E-state index in [4.69, 9.17) is 4.74 Å². The van der Waals surface area contributed by atoms with Crippen LogP contribution in [0.1, 0.15) is 50.5 Å². The quantitative estimate of drug-likeness (QED) is 0.772. The molecule has 0 N–H and O–H groups in total. The summed E-state index contributed by atoms with van der Waals surface area (Å²) in [4.78, 5) is 27.7. The lowest BCUT2D eigenvalue weighted by Crippen LogP contribution is -2.48. The third-order valence-corrected chi connectivity index (χ3v) is 4.75. The lowest BCUT2D eigenvalue weighted by atomic mass is 10.1. The van der Waals surface area contributed by atoms with Gasteiger partial charge in [0, 0.05) is 25.0 Å². The Bertz CT molecular complexity index is 836. The molecule has 1 amide bonds. The van der Waals surface area contributed by atoms with Crippen LogP contribution in [0.5, 0.6) is 0 Å². The maximum atomic E-state index is 13.2. The Labute approximate surface area is 153 Å². The molecule has 0 spiro atoms. The summed E-state index contributed by atoms with van der Waals surface area (Å²) in [6, 6.07) is 7.25. The Balaban J connectivity index is 2.02. The summed E-state index contributed by atoms with van der Waals surface area (Å²) in [7, 11) is 0. The van der Waals surface area contributed by atoms with Crippen molar-refractivity contribution in [3.63, 3.8) is 0 Å². The third-order valence-electron chi connectivity index (χ3n) is 4.75. The number of nitrogens with zero attached hydrogens (tertiary/aromatic N) is 3. The maximum Gasteiger partial charge on any atom is 0.275 e. The van der Waals surface area contributed by atoms with Gasteiger partial charge in [-0.15, -0.1) is 0 Å². The fourth-order valence-corrected chi connectivity index (χ4v) is 3.55. The molecule has 1 aromatic carbocycles. The number of hydrogen-bond acceptors (Lipinski definition) is 4. The molecule has 1 aromatic heterocycles. The standard InChI is InChI=1S/C20H27N3O3/c1-4-5-8-11-23-19(24)17-10-7-6-9-16(17)18(21-23)20(25)22-12-14(2)26-15(3)13-22/h6-7,9-10,14-15H,4-5,8,11-13H2,1-3H3. The van der Waals surface area contributed by atoms with Gasteiger partial charge in [0.25, 0.3) is 11.5 Å². The van der Waals surface area contributed by atoms with Crippen LogP contribution in [0.2, 0.25) is 0 Å². The van der Waals surface area contributed by atoms with Crippen molar-refractivity contribution in [1.82, 2.24) is 14.7 Å². The molecule has 1 aliphatic heterocycles. The van der Waals surface area contributed by atoms with Gasteiger partial charge in [0.2, 0.25) is 0 Å². The molecule has 0 aliphatic carbocycles. The summed E-state index contributed by atoms with van der Waals surface area (Å²) in [6.45, 7) is 7.66. The van der Waals surface area contributed by atoms with Crippen LogP contribution in [-0.2, 0) is 11.3 Å². The number of rotatable bonds is 5. The smallest absolute Gasteiger partial charge is 0.275 e. The number of aromatic nitrogens is 2. The molecule has 140 valence electrons. The average molecular weight is 357 g/mol. The highest BCUT2D eigenvalue weighted by atomic mass is 16.5. The first-order chi connectivity index (χ1) is 12.5. The van der Waals surface area contributed by atoms with Crippen molar-refractivity contribution < 1.29 is 9.53 Å². The van der Waals surface area contributed by atoms with E-state index in [1.165, 1.54) is 4.68 Å². The Morgan fingerprint density at radius 2 is 1.81 bits per heavy atom. The molecule has 1 saturated heterocycles. The van der Waals surface area contributed by atoms with Gasteiger partial charge in [0.1, 0.15) is 0 Å². The number of carbonyl (C=O) groups is 1. The van der Waals surface area contributed by atoms with Crippen LogP contribution in [0, 0.1) is 0 Å². The van der Waals surface area contributed by atoms with E-state index >= 15 is 0 Å². The Morgan fingerprint density at radius 3 is 2.46 bits per heavy atom. The first-order valence-corrected chi connectivity index (χ1v) is 9.45. The van der Waals surface area contributed by atoms with Crippen LogP contribution in [-0.4, -0.2) is 45.9 Å². The first kappa shape index (κ1) is 18.6. The van der Waals surface area contributed by atoms with Crippen molar-refractivity contribution in [2.45, 2.75) is 58.8 Å². The molecule has 0 saturated carbocycles. The molecule has 1 aliphatic rings. The summed E-state index contributed by atoms with van der Waals surface area (Å²) in [6.07, 6.45) is 2.95. The van der Waals surface area contributed by atoms with Gasteiger partial charge >= 0.3 is 0 Å². The summed E-state index contributed by atoms with van der Waals surface area (Å²) in [5.74, 6) is -0.132. The average Bonchev–Trinajstić information content (AvgIpc) is 2.62. The molecule has 2 atom stereocenters. The fraction of sp³-hybridized carbons (Fsp3) is 0.550. The number of fused-ring (bicyclic) bond motifs is 1.